The normalized spacial score (nSPS) is 12.1. The SMILES string of the molecule is CCCOc1ccc(C(C)NCCCc2ccccc2)cc1. The predicted molar refractivity (Wildman–Crippen MR) is 93.4 cm³/mol. The number of ether oxygens (including phenoxy) is 1. The summed E-state index contributed by atoms with van der Waals surface area (Å²) < 4.78 is 5.62. The highest BCUT2D eigenvalue weighted by molar-refractivity contribution is 5.28. The van der Waals surface area contributed by atoms with Crippen molar-refractivity contribution in [1.82, 2.24) is 5.32 Å². The molecule has 1 N–H and O–H groups in total. The van der Waals surface area contributed by atoms with Gasteiger partial charge in [0.15, 0.2) is 0 Å². The molecule has 0 amide bonds. The fourth-order valence-electron chi connectivity index (χ4n) is 2.45. The van der Waals surface area contributed by atoms with E-state index in [4.69, 9.17) is 4.74 Å². The molecular formula is C20H27NO. The van der Waals surface area contributed by atoms with Crippen LogP contribution >= 0.6 is 0 Å². The molecule has 2 aromatic rings. The van der Waals surface area contributed by atoms with Crippen molar-refractivity contribution in [2.75, 3.05) is 13.2 Å². The summed E-state index contributed by atoms with van der Waals surface area (Å²) in [5.74, 6) is 0.960. The van der Waals surface area contributed by atoms with Crippen LogP contribution in [0.15, 0.2) is 54.6 Å². The third-order valence-corrected chi connectivity index (χ3v) is 3.79. The quantitative estimate of drug-likeness (QED) is 0.674. The van der Waals surface area contributed by atoms with Crippen molar-refractivity contribution in [2.45, 2.75) is 39.2 Å². The van der Waals surface area contributed by atoms with Crippen LogP contribution in [-0.4, -0.2) is 13.2 Å². The lowest BCUT2D eigenvalue weighted by atomic mass is 10.1. The molecule has 0 radical (unpaired) electrons. The van der Waals surface area contributed by atoms with Gasteiger partial charge in [0.05, 0.1) is 6.61 Å². The van der Waals surface area contributed by atoms with Gasteiger partial charge in [-0.2, -0.15) is 0 Å². The summed E-state index contributed by atoms with van der Waals surface area (Å²) in [5.41, 5.74) is 2.72. The first-order chi connectivity index (χ1) is 10.8. The van der Waals surface area contributed by atoms with E-state index in [2.05, 4.69) is 73.8 Å². The minimum Gasteiger partial charge on any atom is -0.494 e. The van der Waals surface area contributed by atoms with E-state index in [1.165, 1.54) is 11.1 Å². The van der Waals surface area contributed by atoms with Gasteiger partial charge in [-0.1, -0.05) is 49.4 Å². The third-order valence-electron chi connectivity index (χ3n) is 3.79. The van der Waals surface area contributed by atoms with Gasteiger partial charge in [-0.15, -0.1) is 0 Å². The molecule has 0 aliphatic carbocycles. The zero-order chi connectivity index (χ0) is 15.6. The molecule has 1 atom stereocenters. The summed E-state index contributed by atoms with van der Waals surface area (Å²) in [6.45, 7) is 6.15. The van der Waals surface area contributed by atoms with Crippen LogP contribution in [0.5, 0.6) is 5.75 Å². The number of nitrogens with one attached hydrogen (secondary N) is 1. The van der Waals surface area contributed by atoms with E-state index in [1.807, 2.05) is 0 Å². The Bertz CT molecular complexity index is 521. The molecule has 0 saturated heterocycles. The Kier molecular flexibility index (Phi) is 6.98. The van der Waals surface area contributed by atoms with Crippen LogP contribution in [0, 0.1) is 0 Å². The van der Waals surface area contributed by atoms with Crippen LogP contribution in [0.3, 0.4) is 0 Å². The van der Waals surface area contributed by atoms with Gasteiger partial charge < -0.3 is 10.1 Å². The maximum absolute atomic E-state index is 5.62. The van der Waals surface area contributed by atoms with Crippen molar-refractivity contribution < 1.29 is 4.74 Å². The van der Waals surface area contributed by atoms with Crippen LogP contribution in [0.1, 0.15) is 43.9 Å². The zero-order valence-electron chi connectivity index (χ0n) is 13.7. The molecule has 0 bridgehead atoms. The van der Waals surface area contributed by atoms with Gasteiger partial charge in [-0.3, -0.25) is 0 Å². The maximum atomic E-state index is 5.62. The molecule has 22 heavy (non-hydrogen) atoms. The Morgan fingerprint density at radius 1 is 1.00 bits per heavy atom. The highest BCUT2D eigenvalue weighted by Gasteiger charge is 2.04. The highest BCUT2D eigenvalue weighted by atomic mass is 16.5. The van der Waals surface area contributed by atoms with Crippen LogP contribution in [-0.2, 0) is 6.42 Å². The Labute approximate surface area is 134 Å². The Morgan fingerprint density at radius 3 is 2.41 bits per heavy atom. The fourth-order valence-corrected chi connectivity index (χ4v) is 2.45. The minimum atomic E-state index is 0.371. The van der Waals surface area contributed by atoms with E-state index in [0.717, 1.165) is 38.2 Å². The summed E-state index contributed by atoms with van der Waals surface area (Å²) in [4.78, 5) is 0. The Hall–Kier alpha value is -1.80. The monoisotopic (exact) mass is 297 g/mol. The van der Waals surface area contributed by atoms with E-state index < -0.39 is 0 Å². The van der Waals surface area contributed by atoms with Crippen molar-refractivity contribution >= 4 is 0 Å². The highest BCUT2D eigenvalue weighted by Crippen LogP contribution is 2.17. The molecule has 1 unspecified atom stereocenters. The molecule has 2 aromatic carbocycles. The first-order valence-electron chi connectivity index (χ1n) is 8.29. The summed E-state index contributed by atoms with van der Waals surface area (Å²) in [6, 6.07) is 19.5. The largest absolute Gasteiger partial charge is 0.494 e. The topological polar surface area (TPSA) is 21.3 Å². The van der Waals surface area contributed by atoms with Crippen molar-refractivity contribution in [3.05, 3.63) is 65.7 Å². The first kappa shape index (κ1) is 16.6. The van der Waals surface area contributed by atoms with Crippen molar-refractivity contribution in [2.24, 2.45) is 0 Å². The number of hydrogen-bond acceptors (Lipinski definition) is 2. The van der Waals surface area contributed by atoms with Crippen LogP contribution < -0.4 is 10.1 Å². The lowest BCUT2D eigenvalue weighted by Gasteiger charge is -2.15. The van der Waals surface area contributed by atoms with E-state index >= 15 is 0 Å². The van der Waals surface area contributed by atoms with E-state index in [-0.39, 0.29) is 0 Å². The Morgan fingerprint density at radius 2 is 1.73 bits per heavy atom. The number of rotatable bonds is 9. The summed E-state index contributed by atoms with van der Waals surface area (Å²) >= 11 is 0. The molecule has 0 aliphatic heterocycles. The molecule has 118 valence electrons. The number of aryl methyl sites for hydroxylation is 1. The molecule has 2 rings (SSSR count). The second-order valence-corrected chi connectivity index (χ2v) is 5.68. The summed E-state index contributed by atoms with van der Waals surface area (Å²) in [6.07, 6.45) is 3.33. The van der Waals surface area contributed by atoms with Crippen LogP contribution in [0.25, 0.3) is 0 Å². The molecule has 0 saturated carbocycles. The molecule has 0 spiro atoms. The number of hydrogen-bond donors (Lipinski definition) is 1. The van der Waals surface area contributed by atoms with Crippen LogP contribution in [0.2, 0.25) is 0 Å². The van der Waals surface area contributed by atoms with Crippen LogP contribution in [0.4, 0.5) is 0 Å². The summed E-state index contributed by atoms with van der Waals surface area (Å²) in [7, 11) is 0. The van der Waals surface area contributed by atoms with Crippen molar-refractivity contribution in [3.8, 4) is 5.75 Å². The smallest absolute Gasteiger partial charge is 0.119 e. The molecule has 2 nitrogen and oxygen atoms in total. The fraction of sp³-hybridized carbons (Fsp3) is 0.400. The van der Waals surface area contributed by atoms with Gasteiger partial charge in [0.2, 0.25) is 0 Å². The first-order valence-corrected chi connectivity index (χ1v) is 8.29. The lowest BCUT2D eigenvalue weighted by molar-refractivity contribution is 0.317. The van der Waals surface area contributed by atoms with Gasteiger partial charge >= 0.3 is 0 Å². The number of benzene rings is 2. The minimum absolute atomic E-state index is 0.371. The zero-order valence-corrected chi connectivity index (χ0v) is 13.7. The van der Waals surface area contributed by atoms with Gasteiger partial charge in [-0.05, 0) is 56.0 Å². The third kappa shape index (κ3) is 5.53. The predicted octanol–water partition coefficient (Wildman–Crippen LogP) is 4.76. The molecule has 0 fully saturated rings. The van der Waals surface area contributed by atoms with Gasteiger partial charge in [0, 0.05) is 6.04 Å². The maximum Gasteiger partial charge on any atom is 0.119 e. The average molecular weight is 297 g/mol. The molecule has 0 aliphatic rings. The second-order valence-electron chi connectivity index (χ2n) is 5.68. The van der Waals surface area contributed by atoms with Crippen molar-refractivity contribution in [3.63, 3.8) is 0 Å². The molecule has 2 heteroatoms. The lowest BCUT2D eigenvalue weighted by Crippen LogP contribution is -2.20. The van der Waals surface area contributed by atoms with E-state index in [1.54, 1.807) is 0 Å². The standard InChI is InChI=1S/C20H27NO/c1-3-16-22-20-13-11-19(12-14-20)17(2)21-15-7-10-18-8-5-4-6-9-18/h4-6,8-9,11-14,17,21H,3,7,10,15-16H2,1-2H3. The van der Waals surface area contributed by atoms with Gasteiger partial charge in [0.25, 0.3) is 0 Å². The molecule has 0 heterocycles. The van der Waals surface area contributed by atoms with E-state index in [0.29, 0.717) is 6.04 Å². The van der Waals surface area contributed by atoms with Crippen molar-refractivity contribution in [1.29, 1.82) is 0 Å². The molecule has 0 aromatic heterocycles. The van der Waals surface area contributed by atoms with E-state index in [9.17, 15) is 0 Å². The Balaban J connectivity index is 1.71. The average Bonchev–Trinajstić information content (AvgIpc) is 2.58. The van der Waals surface area contributed by atoms with Gasteiger partial charge in [-0.25, -0.2) is 0 Å². The summed E-state index contributed by atoms with van der Waals surface area (Å²) in [5, 5.41) is 3.59. The van der Waals surface area contributed by atoms with Gasteiger partial charge in [0.1, 0.15) is 5.75 Å². The molecular weight excluding hydrogens is 270 g/mol. The second kappa shape index (κ2) is 9.26.